The smallest absolute Gasteiger partial charge is 0.191 e. The first-order valence-electron chi connectivity index (χ1n) is 9.06. The Bertz CT molecular complexity index is 528. The van der Waals surface area contributed by atoms with Crippen molar-refractivity contribution in [2.24, 2.45) is 10.7 Å². The van der Waals surface area contributed by atoms with E-state index in [2.05, 4.69) is 46.1 Å². The van der Waals surface area contributed by atoms with E-state index in [1.165, 1.54) is 62.7 Å². The molecule has 1 saturated heterocycles. The van der Waals surface area contributed by atoms with Gasteiger partial charge in [-0.05, 0) is 49.9 Å². The number of hydrogen-bond donors (Lipinski definition) is 1. The van der Waals surface area contributed by atoms with Crippen LogP contribution in [0.2, 0.25) is 0 Å². The highest BCUT2D eigenvalue weighted by Crippen LogP contribution is 2.25. The molecule has 0 amide bonds. The van der Waals surface area contributed by atoms with Gasteiger partial charge in [0.05, 0.1) is 6.54 Å². The van der Waals surface area contributed by atoms with Crippen LogP contribution in [0.4, 0.5) is 0 Å². The van der Waals surface area contributed by atoms with Gasteiger partial charge in [0.25, 0.3) is 0 Å². The van der Waals surface area contributed by atoms with Crippen molar-refractivity contribution in [1.29, 1.82) is 0 Å². The van der Waals surface area contributed by atoms with Crippen LogP contribution in [-0.4, -0.2) is 41.9 Å². The van der Waals surface area contributed by atoms with E-state index in [1.54, 1.807) is 0 Å². The van der Waals surface area contributed by atoms with Crippen molar-refractivity contribution in [3.05, 3.63) is 35.4 Å². The summed E-state index contributed by atoms with van der Waals surface area (Å²) in [4.78, 5) is 9.34. The highest BCUT2D eigenvalue weighted by Gasteiger charge is 2.27. The summed E-state index contributed by atoms with van der Waals surface area (Å²) in [5.41, 5.74) is 8.84. The third-order valence-corrected chi connectivity index (χ3v) is 5.08. The lowest BCUT2D eigenvalue weighted by Gasteiger charge is -2.21. The van der Waals surface area contributed by atoms with Gasteiger partial charge in [0.2, 0.25) is 0 Å². The summed E-state index contributed by atoms with van der Waals surface area (Å²) in [5, 5.41) is 0. The maximum absolute atomic E-state index is 6.13. The third kappa shape index (κ3) is 4.71. The normalized spacial score (nSPS) is 20.3. The van der Waals surface area contributed by atoms with Gasteiger partial charge in [-0.25, -0.2) is 4.99 Å². The average Bonchev–Trinajstić information content (AvgIpc) is 3.40. The molecule has 0 spiro atoms. The zero-order chi connectivity index (χ0) is 16.1. The van der Waals surface area contributed by atoms with Gasteiger partial charge in [0, 0.05) is 19.6 Å². The van der Waals surface area contributed by atoms with Crippen molar-refractivity contribution >= 4 is 5.96 Å². The quantitative estimate of drug-likeness (QED) is 0.671. The molecule has 1 saturated carbocycles. The van der Waals surface area contributed by atoms with Gasteiger partial charge in [0.15, 0.2) is 5.96 Å². The average molecular weight is 314 g/mol. The van der Waals surface area contributed by atoms with E-state index in [9.17, 15) is 0 Å². The van der Waals surface area contributed by atoms with Gasteiger partial charge < -0.3 is 10.6 Å². The van der Waals surface area contributed by atoms with Crippen molar-refractivity contribution in [3.63, 3.8) is 0 Å². The zero-order valence-electron chi connectivity index (χ0n) is 14.4. The van der Waals surface area contributed by atoms with Crippen molar-refractivity contribution < 1.29 is 0 Å². The maximum atomic E-state index is 6.13. The summed E-state index contributed by atoms with van der Waals surface area (Å²) < 4.78 is 0. The number of likely N-dealkylation sites (tertiary alicyclic amines) is 1. The monoisotopic (exact) mass is 314 g/mol. The number of aliphatic imine (C=N–C) groups is 1. The first-order chi connectivity index (χ1) is 11.2. The molecule has 23 heavy (non-hydrogen) atoms. The number of guanidine groups is 1. The van der Waals surface area contributed by atoms with Crippen LogP contribution in [0, 0.1) is 0 Å². The molecule has 0 aromatic heterocycles. The fourth-order valence-electron chi connectivity index (χ4n) is 3.33. The van der Waals surface area contributed by atoms with Gasteiger partial charge in [0.1, 0.15) is 0 Å². The summed E-state index contributed by atoms with van der Waals surface area (Å²) in [6.45, 7) is 4.19. The van der Waals surface area contributed by atoms with Crippen LogP contribution < -0.4 is 5.73 Å². The Hall–Kier alpha value is -1.55. The molecule has 2 N–H and O–H groups in total. The number of nitrogens with zero attached hydrogens (tertiary/aromatic N) is 3. The number of nitrogens with two attached hydrogens (primary N) is 1. The summed E-state index contributed by atoms with van der Waals surface area (Å²) in [5.74, 6) is 0.678. The molecule has 4 nitrogen and oxygen atoms in total. The Kier molecular flexibility index (Phi) is 5.55. The minimum absolute atomic E-state index is 0.617. The number of benzene rings is 1. The molecule has 1 aliphatic carbocycles. The molecule has 126 valence electrons. The van der Waals surface area contributed by atoms with Crippen molar-refractivity contribution in [1.82, 2.24) is 9.80 Å². The van der Waals surface area contributed by atoms with Gasteiger partial charge in [-0.3, -0.25) is 4.90 Å². The topological polar surface area (TPSA) is 44.9 Å². The van der Waals surface area contributed by atoms with E-state index in [1.807, 2.05) is 0 Å². The molecule has 4 heteroatoms. The van der Waals surface area contributed by atoms with Gasteiger partial charge in [-0.2, -0.15) is 0 Å². The molecule has 1 heterocycles. The number of rotatable bonds is 5. The van der Waals surface area contributed by atoms with E-state index < -0.39 is 0 Å². The Labute approximate surface area is 140 Å². The second kappa shape index (κ2) is 7.82. The molecule has 2 fully saturated rings. The highest BCUT2D eigenvalue weighted by molar-refractivity contribution is 5.78. The van der Waals surface area contributed by atoms with Crippen LogP contribution in [0.5, 0.6) is 0 Å². The van der Waals surface area contributed by atoms with E-state index in [-0.39, 0.29) is 0 Å². The van der Waals surface area contributed by atoms with Gasteiger partial charge >= 0.3 is 0 Å². The molecule has 0 unspecified atom stereocenters. The fourth-order valence-corrected chi connectivity index (χ4v) is 3.33. The minimum Gasteiger partial charge on any atom is -0.370 e. The summed E-state index contributed by atoms with van der Waals surface area (Å²) in [6, 6.07) is 9.31. The first-order valence-corrected chi connectivity index (χ1v) is 9.06. The Morgan fingerprint density at radius 3 is 2.43 bits per heavy atom. The largest absolute Gasteiger partial charge is 0.370 e. The Balaban J connectivity index is 1.63. The molecule has 3 rings (SSSR count). The van der Waals surface area contributed by atoms with Gasteiger partial charge in [-0.15, -0.1) is 0 Å². The van der Waals surface area contributed by atoms with Crippen LogP contribution in [0.25, 0.3) is 0 Å². The lowest BCUT2D eigenvalue weighted by Crippen LogP contribution is -2.35. The first kappa shape index (κ1) is 16.3. The summed E-state index contributed by atoms with van der Waals surface area (Å²) in [6.07, 6.45) is 7.92. The standard InChI is InChI=1S/C19H30N4/c1-22(18-10-11-18)19(20)21-14-16-8-4-5-9-17(16)15-23-12-6-2-3-7-13-23/h4-5,8-9,18H,2-3,6-7,10-15H2,1H3,(H2,20,21). The van der Waals surface area contributed by atoms with Crippen molar-refractivity contribution in [2.45, 2.75) is 57.7 Å². The summed E-state index contributed by atoms with van der Waals surface area (Å²) in [7, 11) is 2.06. The van der Waals surface area contributed by atoms with E-state index in [4.69, 9.17) is 5.73 Å². The SMILES string of the molecule is CN(C(N)=NCc1ccccc1CN1CCCCCC1)C1CC1. The zero-order valence-corrected chi connectivity index (χ0v) is 14.4. The molecule has 0 radical (unpaired) electrons. The maximum Gasteiger partial charge on any atom is 0.191 e. The molecule has 1 aliphatic heterocycles. The molecular weight excluding hydrogens is 284 g/mol. The number of hydrogen-bond acceptors (Lipinski definition) is 2. The lowest BCUT2D eigenvalue weighted by atomic mass is 10.1. The highest BCUT2D eigenvalue weighted by atomic mass is 15.3. The van der Waals surface area contributed by atoms with Crippen LogP contribution in [-0.2, 0) is 13.1 Å². The predicted molar refractivity (Wildman–Crippen MR) is 96.3 cm³/mol. The molecule has 1 aromatic carbocycles. The molecular formula is C19H30N4. The second-order valence-corrected chi connectivity index (χ2v) is 6.98. The van der Waals surface area contributed by atoms with E-state index >= 15 is 0 Å². The molecule has 0 atom stereocenters. The minimum atomic E-state index is 0.617. The van der Waals surface area contributed by atoms with Crippen molar-refractivity contribution in [3.8, 4) is 0 Å². The third-order valence-electron chi connectivity index (χ3n) is 5.08. The van der Waals surface area contributed by atoms with Crippen molar-refractivity contribution in [2.75, 3.05) is 20.1 Å². The predicted octanol–water partition coefficient (Wildman–Crippen LogP) is 2.97. The van der Waals surface area contributed by atoms with Crippen LogP contribution in [0.3, 0.4) is 0 Å². The molecule has 2 aliphatic rings. The van der Waals surface area contributed by atoms with Crippen LogP contribution in [0.1, 0.15) is 49.7 Å². The summed E-state index contributed by atoms with van der Waals surface area (Å²) >= 11 is 0. The Morgan fingerprint density at radius 2 is 1.78 bits per heavy atom. The van der Waals surface area contributed by atoms with E-state index in [0.29, 0.717) is 18.5 Å². The second-order valence-electron chi connectivity index (χ2n) is 6.98. The fraction of sp³-hybridized carbons (Fsp3) is 0.632. The lowest BCUT2D eigenvalue weighted by molar-refractivity contribution is 0.276. The molecule has 0 bridgehead atoms. The van der Waals surface area contributed by atoms with Crippen LogP contribution in [0.15, 0.2) is 29.3 Å². The van der Waals surface area contributed by atoms with E-state index in [0.717, 1.165) is 6.54 Å². The Morgan fingerprint density at radius 1 is 1.13 bits per heavy atom. The van der Waals surface area contributed by atoms with Crippen LogP contribution >= 0.6 is 0 Å². The van der Waals surface area contributed by atoms with Gasteiger partial charge in [-0.1, -0.05) is 37.1 Å². The molecule has 1 aromatic rings.